The van der Waals surface area contributed by atoms with E-state index < -0.39 is 0 Å². The third-order valence-electron chi connectivity index (χ3n) is 1.42. The van der Waals surface area contributed by atoms with Crippen LogP contribution in [0.4, 0.5) is 0 Å². The van der Waals surface area contributed by atoms with E-state index in [0.29, 0.717) is 28.8 Å². The summed E-state index contributed by atoms with van der Waals surface area (Å²) < 4.78 is 5.30. The zero-order valence-electron chi connectivity index (χ0n) is 6.89. The molecular formula is C10H8Cl2O. The molecule has 0 aliphatic rings. The summed E-state index contributed by atoms with van der Waals surface area (Å²) in [7, 11) is 0. The highest BCUT2D eigenvalue weighted by Crippen LogP contribution is 2.31. The smallest absolute Gasteiger partial charge is 0.139 e. The van der Waals surface area contributed by atoms with Crippen molar-refractivity contribution in [2.75, 3.05) is 6.61 Å². The molecule has 68 valence electrons. The van der Waals surface area contributed by atoms with Crippen LogP contribution in [0, 0.1) is 12.3 Å². The van der Waals surface area contributed by atoms with Crippen molar-refractivity contribution >= 4 is 23.2 Å². The number of halogens is 2. The highest BCUT2D eigenvalue weighted by molar-refractivity contribution is 6.42. The predicted octanol–water partition coefficient (Wildman–Crippen LogP) is 3.40. The second-order valence-corrected chi connectivity index (χ2v) is 3.14. The first kappa shape index (κ1) is 10.2. The van der Waals surface area contributed by atoms with E-state index in [1.54, 1.807) is 18.2 Å². The summed E-state index contributed by atoms with van der Waals surface area (Å²) in [6.45, 7) is 0.455. The summed E-state index contributed by atoms with van der Waals surface area (Å²) in [5, 5.41) is 0.918. The van der Waals surface area contributed by atoms with Crippen molar-refractivity contribution in [2.45, 2.75) is 6.42 Å². The Morgan fingerprint density at radius 2 is 2.15 bits per heavy atom. The van der Waals surface area contributed by atoms with Gasteiger partial charge in [-0.05, 0) is 12.1 Å². The maximum absolute atomic E-state index is 5.86. The molecule has 13 heavy (non-hydrogen) atoms. The SMILES string of the molecule is C#CCCOc1cccc(Cl)c1Cl. The Kier molecular flexibility index (Phi) is 3.95. The molecule has 1 nitrogen and oxygen atoms in total. The van der Waals surface area contributed by atoms with Crippen LogP contribution < -0.4 is 4.74 Å². The molecule has 0 amide bonds. The molecule has 0 saturated heterocycles. The van der Waals surface area contributed by atoms with E-state index in [-0.39, 0.29) is 0 Å². The molecule has 0 atom stereocenters. The van der Waals surface area contributed by atoms with Gasteiger partial charge in [0.2, 0.25) is 0 Å². The molecule has 0 aliphatic carbocycles. The van der Waals surface area contributed by atoms with E-state index in [9.17, 15) is 0 Å². The number of hydrogen-bond acceptors (Lipinski definition) is 1. The van der Waals surface area contributed by atoms with Gasteiger partial charge in [0.15, 0.2) is 0 Å². The number of benzene rings is 1. The third kappa shape index (κ3) is 2.84. The minimum absolute atomic E-state index is 0.432. The van der Waals surface area contributed by atoms with Crippen molar-refractivity contribution in [2.24, 2.45) is 0 Å². The van der Waals surface area contributed by atoms with E-state index in [0.717, 1.165) is 0 Å². The van der Waals surface area contributed by atoms with E-state index in [2.05, 4.69) is 5.92 Å². The van der Waals surface area contributed by atoms with Gasteiger partial charge in [-0.15, -0.1) is 12.3 Å². The molecule has 0 heterocycles. The molecule has 0 radical (unpaired) electrons. The maximum Gasteiger partial charge on any atom is 0.139 e. The second-order valence-electron chi connectivity index (χ2n) is 2.35. The van der Waals surface area contributed by atoms with Gasteiger partial charge >= 0.3 is 0 Å². The minimum Gasteiger partial charge on any atom is -0.491 e. The average molecular weight is 215 g/mol. The molecule has 1 aromatic rings. The lowest BCUT2D eigenvalue weighted by molar-refractivity contribution is 0.327. The van der Waals surface area contributed by atoms with Crippen molar-refractivity contribution in [1.82, 2.24) is 0 Å². The van der Waals surface area contributed by atoms with Crippen molar-refractivity contribution in [3.8, 4) is 18.1 Å². The predicted molar refractivity (Wildman–Crippen MR) is 55.4 cm³/mol. The molecule has 0 N–H and O–H groups in total. The summed E-state index contributed by atoms with van der Waals surface area (Å²) in [5.74, 6) is 3.04. The maximum atomic E-state index is 5.86. The molecule has 0 saturated carbocycles. The van der Waals surface area contributed by atoms with Crippen LogP contribution in [0.2, 0.25) is 10.0 Å². The van der Waals surface area contributed by atoms with Crippen molar-refractivity contribution in [3.63, 3.8) is 0 Å². The number of ether oxygens (including phenoxy) is 1. The minimum atomic E-state index is 0.432. The van der Waals surface area contributed by atoms with Crippen LogP contribution in [0.1, 0.15) is 6.42 Å². The Bertz CT molecular complexity index is 328. The van der Waals surface area contributed by atoms with Crippen LogP contribution in [0.5, 0.6) is 5.75 Å². The first-order chi connectivity index (χ1) is 6.25. The van der Waals surface area contributed by atoms with Gasteiger partial charge < -0.3 is 4.74 Å². The second kappa shape index (κ2) is 5.01. The lowest BCUT2D eigenvalue weighted by Crippen LogP contribution is -1.96. The monoisotopic (exact) mass is 214 g/mol. The van der Waals surface area contributed by atoms with Crippen molar-refractivity contribution in [3.05, 3.63) is 28.2 Å². The molecule has 0 unspecified atom stereocenters. The molecule has 0 bridgehead atoms. The molecule has 1 rings (SSSR count). The molecule has 0 fully saturated rings. The Morgan fingerprint density at radius 3 is 2.85 bits per heavy atom. The van der Waals surface area contributed by atoms with Gasteiger partial charge in [0.1, 0.15) is 10.8 Å². The third-order valence-corrected chi connectivity index (χ3v) is 2.22. The largest absolute Gasteiger partial charge is 0.491 e. The number of rotatable bonds is 3. The van der Waals surface area contributed by atoms with Crippen LogP contribution in [-0.2, 0) is 0 Å². The van der Waals surface area contributed by atoms with E-state index in [1.807, 2.05) is 0 Å². The molecule has 1 aromatic carbocycles. The van der Waals surface area contributed by atoms with Gasteiger partial charge in [-0.2, -0.15) is 0 Å². The Labute approximate surface area is 87.6 Å². The summed E-state index contributed by atoms with van der Waals surface area (Å²) in [6.07, 6.45) is 5.63. The summed E-state index contributed by atoms with van der Waals surface area (Å²) >= 11 is 11.6. The van der Waals surface area contributed by atoms with Crippen LogP contribution >= 0.6 is 23.2 Å². The van der Waals surface area contributed by atoms with Gasteiger partial charge in [-0.3, -0.25) is 0 Å². The highest BCUT2D eigenvalue weighted by Gasteiger charge is 2.03. The van der Waals surface area contributed by atoms with E-state index in [1.165, 1.54) is 0 Å². The molecule has 0 spiro atoms. The van der Waals surface area contributed by atoms with E-state index in [4.69, 9.17) is 34.4 Å². The van der Waals surface area contributed by atoms with E-state index >= 15 is 0 Å². The van der Waals surface area contributed by atoms with Crippen LogP contribution in [-0.4, -0.2) is 6.61 Å². The Balaban J connectivity index is 2.67. The van der Waals surface area contributed by atoms with Crippen molar-refractivity contribution < 1.29 is 4.74 Å². The van der Waals surface area contributed by atoms with Crippen LogP contribution in [0.3, 0.4) is 0 Å². The van der Waals surface area contributed by atoms with Crippen molar-refractivity contribution in [1.29, 1.82) is 0 Å². The van der Waals surface area contributed by atoms with Gasteiger partial charge in [-0.25, -0.2) is 0 Å². The standard InChI is InChI=1S/C10H8Cl2O/c1-2-3-7-13-9-6-4-5-8(11)10(9)12/h1,4-6H,3,7H2. The zero-order valence-corrected chi connectivity index (χ0v) is 8.40. The fourth-order valence-corrected chi connectivity index (χ4v) is 1.16. The zero-order chi connectivity index (χ0) is 9.68. The summed E-state index contributed by atoms with van der Waals surface area (Å²) in [5.41, 5.74) is 0. The fourth-order valence-electron chi connectivity index (χ4n) is 0.815. The number of terminal acetylenes is 1. The lowest BCUT2D eigenvalue weighted by atomic mass is 10.3. The number of hydrogen-bond donors (Lipinski definition) is 0. The first-order valence-electron chi connectivity index (χ1n) is 3.76. The summed E-state index contributed by atoms with van der Waals surface area (Å²) in [6, 6.07) is 5.24. The summed E-state index contributed by atoms with van der Waals surface area (Å²) in [4.78, 5) is 0. The quantitative estimate of drug-likeness (QED) is 0.554. The van der Waals surface area contributed by atoms with Crippen LogP contribution in [0.15, 0.2) is 18.2 Å². The fraction of sp³-hybridized carbons (Fsp3) is 0.200. The average Bonchev–Trinajstić information content (AvgIpc) is 2.13. The first-order valence-corrected chi connectivity index (χ1v) is 4.51. The Hall–Kier alpha value is -0.840. The lowest BCUT2D eigenvalue weighted by Gasteiger charge is -2.06. The Morgan fingerprint density at radius 1 is 1.38 bits per heavy atom. The molecule has 3 heteroatoms. The van der Waals surface area contributed by atoms with Gasteiger partial charge in [0.05, 0.1) is 11.6 Å². The van der Waals surface area contributed by atoms with Crippen LogP contribution in [0.25, 0.3) is 0 Å². The topological polar surface area (TPSA) is 9.23 Å². The van der Waals surface area contributed by atoms with Gasteiger partial charge in [0, 0.05) is 6.42 Å². The molecule has 0 aliphatic heterocycles. The van der Waals surface area contributed by atoms with Gasteiger partial charge in [0.25, 0.3) is 0 Å². The van der Waals surface area contributed by atoms with Gasteiger partial charge in [-0.1, -0.05) is 29.3 Å². The normalized spacial score (nSPS) is 9.31. The molecular weight excluding hydrogens is 207 g/mol. The highest BCUT2D eigenvalue weighted by atomic mass is 35.5. The molecule has 0 aromatic heterocycles.